The number of amides is 1. The minimum absolute atomic E-state index is 0.0289. The van der Waals surface area contributed by atoms with E-state index >= 15 is 0 Å². The van der Waals surface area contributed by atoms with Crippen LogP contribution in [0.1, 0.15) is 44.0 Å². The average molecular weight is 428 g/mol. The Morgan fingerprint density at radius 2 is 1.89 bits per heavy atom. The van der Waals surface area contributed by atoms with Crippen LogP contribution in [0.2, 0.25) is 10.0 Å². The molecule has 0 radical (unpaired) electrons. The molecule has 0 unspecified atom stereocenters. The minimum Gasteiger partial charge on any atom is -0.501 e. The van der Waals surface area contributed by atoms with E-state index in [1.807, 2.05) is 0 Å². The Kier molecular flexibility index (Phi) is 7.49. The molecular formula is C20H23Cl2NO5. The number of halogens is 2. The van der Waals surface area contributed by atoms with E-state index in [1.54, 1.807) is 20.8 Å². The number of Topliss-reactive ketones (excluding diaryl/α,β-unsaturated/α-hetero) is 2. The number of allylic oxidation sites excluding steroid dienone is 1. The van der Waals surface area contributed by atoms with Gasteiger partial charge >= 0.3 is 6.09 Å². The van der Waals surface area contributed by atoms with Crippen LogP contribution < -0.4 is 4.90 Å². The zero-order valence-corrected chi connectivity index (χ0v) is 17.8. The number of nitrogens with zero attached hydrogens (tertiary/aromatic N) is 1. The van der Waals surface area contributed by atoms with E-state index in [-0.39, 0.29) is 44.6 Å². The molecule has 1 aliphatic carbocycles. The van der Waals surface area contributed by atoms with Gasteiger partial charge in [-0.2, -0.15) is 0 Å². The third-order valence-electron chi connectivity index (χ3n) is 4.27. The monoisotopic (exact) mass is 427 g/mol. The average Bonchev–Trinajstić information content (AvgIpc) is 3.50. The minimum atomic E-state index is -0.697. The van der Waals surface area contributed by atoms with Crippen LogP contribution in [0, 0.1) is 5.92 Å². The molecule has 8 heteroatoms. The Morgan fingerprint density at radius 1 is 1.25 bits per heavy atom. The molecule has 1 amide bonds. The molecule has 0 bridgehead atoms. The van der Waals surface area contributed by atoms with E-state index in [4.69, 9.17) is 32.7 Å². The maximum absolute atomic E-state index is 13.3. The Balaban J connectivity index is 2.63. The fourth-order valence-electron chi connectivity index (χ4n) is 2.72. The number of anilines is 1. The first-order valence-corrected chi connectivity index (χ1v) is 9.75. The van der Waals surface area contributed by atoms with Crippen LogP contribution in [-0.4, -0.2) is 37.4 Å². The van der Waals surface area contributed by atoms with Crippen LogP contribution in [0.25, 0.3) is 0 Å². The summed E-state index contributed by atoms with van der Waals surface area (Å²) in [5.74, 6) is -1.03. The van der Waals surface area contributed by atoms with Crippen molar-refractivity contribution < 1.29 is 23.9 Å². The highest BCUT2D eigenvalue weighted by Gasteiger charge is 2.37. The standard InChI is InChI=1S/C20H23Cl2NO5/c1-5-28-10-14(18(24)12-6-7-12)19(25)13-8-9-15(21)16(22)17(13)23(11(2)3)20(26)27-4/h8-12H,5-7H2,1-4H3/b14-10-. The van der Waals surface area contributed by atoms with Gasteiger partial charge in [0.05, 0.1) is 35.7 Å². The van der Waals surface area contributed by atoms with Crippen molar-refractivity contribution in [2.75, 3.05) is 18.6 Å². The van der Waals surface area contributed by atoms with Gasteiger partial charge in [0.1, 0.15) is 5.57 Å². The maximum Gasteiger partial charge on any atom is 0.414 e. The van der Waals surface area contributed by atoms with Gasteiger partial charge in [0, 0.05) is 17.5 Å². The first kappa shape index (κ1) is 22.2. The van der Waals surface area contributed by atoms with Gasteiger partial charge < -0.3 is 9.47 Å². The van der Waals surface area contributed by atoms with Gasteiger partial charge in [0.25, 0.3) is 0 Å². The zero-order valence-electron chi connectivity index (χ0n) is 16.3. The van der Waals surface area contributed by atoms with Gasteiger partial charge in [-0.1, -0.05) is 23.2 Å². The highest BCUT2D eigenvalue weighted by atomic mass is 35.5. The Morgan fingerprint density at radius 3 is 2.39 bits per heavy atom. The molecule has 0 saturated heterocycles. The second-order valence-electron chi connectivity index (χ2n) is 6.65. The molecule has 2 rings (SSSR count). The van der Waals surface area contributed by atoms with E-state index in [1.165, 1.54) is 30.4 Å². The highest BCUT2D eigenvalue weighted by molar-refractivity contribution is 6.45. The van der Waals surface area contributed by atoms with Crippen molar-refractivity contribution in [3.63, 3.8) is 0 Å². The molecule has 152 valence electrons. The largest absolute Gasteiger partial charge is 0.501 e. The first-order chi connectivity index (χ1) is 13.2. The van der Waals surface area contributed by atoms with E-state index < -0.39 is 11.9 Å². The molecule has 0 heterocycles. The van der Waals surface area contributed by atoms with Gasteiger partial charge in [0.2, 0.25) is 5.78 Å². The fraction of sp³-hybridized carbons (Fsp3) is 0.450. The van der Waals surface area contributed by atoms with Crippen LogP contribution in [0.4, 0.5) is 10.5 Å². The maximum atomic E-state index is 13.3. The summed E-state index contributed by atoms with van der Waals surface area (Å²) in [6.07, 6.45) is 1.97. The number of rotatable bonds is 8. The lowest BCUT2D eigenvalue weighted by Crippen LogP contribution is -2.38. The SMILES string of the molecule is CCO/C=C(\C(=O)c1ccc(Cl)c(Cl)c1N(C(=O)OC)C(C)C)C(=O)C1CC1. The van der Waals surface area contributed by atoms with E-state index in [9.17, 15) is 14.4 Å². The van der Waals surface area contributed by atoms with Crippen molar-refractivity contribution in [2.45, 2.75) is 39.7 Å². The Bertz CT molecular complexity index is 815. The second kappa shape index (κ2) is 9.43. The summed E-state index contributed by atoms with van der Waals surface area (Å²) in [6.45, 7) is 5.55. The van der Waals surface area contributed by atoms with E-state index in [0.717, 1.165) is 12.8 Å². The van der Waals surface area contributed by atoms with Gasteiger partial charge in [0.15, 0.2) is 5.78 Å². The summed E-state index contributed by atoms with van der Waals surface area (Å²) >= 11 is 12.5. The molecule has 1 saturated carbocycles. The topological polar surface area (TPSA) is 72.9 Å². The third kappa shape index (κ3) is 4.67. The number of methoxy groups -OCH3 is 1. The summed E-state index contributed by atoms with van der Waals surface area (Å²) in [4.78, 5) is 39.6. The molecule has 0 aromatic heterocycles. The molecule has 28 heavy (non-hydrogen) atoms. The zero-order chi connectivity index (χ0) is 21.0. The molecule has 0 N–H and O–H groups in total. The fourth-order valence-corrected chi connectivity index (χ4v) is 3.13. The molecule has 0 spiro atoms. The van der Waals surface area contributed by atoms with E-state index in [2.05, 4.69) is 0 Å². The van der Waals surface area contributed by atoms with Crippen molar-refractivity contribution in [1.82, 2.24) is 0 Å². The molecule has 0 aliphatic heterocycles. The van der Waals surface area contributed by atoms with E-state index in [0.29, 0.717) is 6.61 Å². The van der Waals surface area contributed by atoms with Crippen LogP contribution in [0.5, 0.6) is 0 Å². The van der Waals surface area contributed by atoms with Crippen LogP contribution >= 0.6 is 23.2 Å². The number of ether oxygens (including phenoxy) is 2. The van der Waals surface area contributed by atoms with Crippen LogP contribution in [-0.2, 0) is 14.3 Å². The van der Waals surface area contributed by atoms with Crippen molar-refractivity contribution in [1.29, 1.82) is 0 Å². The third-order valence-corrected chi connectivity index (χ3v) is 5.06. The number of hydrogen-bond donors (Lipinski definition) is 0. The summed E-state index contributed by atoms with van der Waals surface area (Å²) in [5.41, 5.74) is 0.109. The Hall–Kier alpha value is -2.05. The molecule has 0 atom stereocenters. The molecule has 1 aromatic rings. The quantitative estimate of drug-likeness (QED) is 0.190. The van der Waals surface area contributed by atoms with Gasteiger partial charge in [-0.3, -0.25) is 14.5 Å². The Labute approximate surface area is 174 Å². The first-order valence-electron chi connectivity index (χ1n) is 9.00. The number of carbonyl (C=O) groups excluding carboxylic acids is 3. The highest BCUT2D eigenvalue weighted by Crippen LogP contribution is 2.40. The van der Waals surface area contributed by atoms with Crippen molar-refractivity contribution in [2.24, 2.45) is 5.92 Å². The predicted molar refractivity (Wildman–Crippen MR) is 108 cm³/mol. The van der Waals surface area contributed by atoms with Gasteiger partial charge in [-0.05, 0) is 45.7 Å². The van der Waals surface area contributed by atoms with Gasteiger partial charge in [-0.15, -0.1) is 0 Å². The summed E-state index contributed by atoms with van der Waals surface area (Å²) in [5, 5.41) is 0.202. The molecule has 1 fully saturated rings. The normalized spacial score (nSPS) is 14.0. The predicted octanol–water partition coefficient (Wildman–Crippen LogP) is 5.06. The molecule has 6 nitrogen and oxygen atoms in total. The lowest BCUT2D eigenvalue weighted by Gasteiger charge is -2.28. The number of hydrogen-bond acceptors (Lipinski definition) is 5. The lowest BCUT2D eigenvalue weighted by molar-refractivity contribution is -0.116. The molecule has 1 aromatic carbocycles. The van der Waals surface area contributed by atoms with Gasteiger partial charge in [-0.25, -0.2) is 4.79 Å². The second-order valence-corrected chi connectivity index (χ2v) is 7.43. The van der Waals surface area contributed by atoms with Crippen molar-refractivity contribution >= 4 is 46.5 Å². The smallest absolute Gasteiger partial charge is 0.414 e. The van der Waals surface area contributed by atoms with Crippen molar-refractivity contribution in [3.8, 4) is 0 Å². The van der Waals surface area contributed by atoms with Crippen LogP contribution in [0.15, 0.2) is 24.0 Å². The lowest BCUT2D eigenvalue weighted by atomic mass is 9.96. The van der Waals surface area contributed by atoms with Crippen LogP contribution in [0.3, 0.4) is 0 Å². The summed E-state index contributed by atoms with van der Waals surface area (Å²) in [7, 11) is 1.23. The number of benzene rings is 1. The molecular weight excluding hydrogens is 405 g/mol. The number of ketones is 2. The van der Waals surface area contributed by atoms with Crippen molar-refractivity contribution in [3.05, 3.63) is 39.6 Å². The summed E-state index contributed by atoms with van der Waals surface area (Å²) < 4.78 is 10.1. The molecule has 1 aliphatic rings. The number of carbonyl (C=O) groups is 3. The summed E-state index contributed by atoms with van der Waals surface area (Å²) in [6, 6.07) is 2.52.